The van der Waals surface area contributed by atoms with Gasteiger partial charge in [-0.2, -0.15) is 0 Å². The summed E-state index contributed by atoms with van der Waals surface area (Å²) in [5.41, 5.74) is 2.76. The Hall–Kier alpha value is -2.25. The predicted octanol–water partition coefficient (Wildman–Crippen LogP) is 0.631. The first-order valence-corrected chi connectivity index (χ1v) is 9.72. The number of rotatable bonds is 5. The zero-order chi connectivity index (χ0) is 19.0. The molecule has 2 atom stereocenters. The first kappa shape index (κ1) is 18.1. The number of hydrogen-bond acceptors (Lipinski definition) is 5. The molecule has 2 unspecified atom stereocenters. The van der Waals surface area contributed by atoms with E-state index in [2.05, 4.69) is 15.5 Å². The molecule has 3 aliphatic rings. The Morgan fingerprint density at radius 2 is 2.07 bits per heavy atom. The van der Waals surface area contributed by atoms with E-state index < -0.39 is 6.04 Å². The molecule has 2 N–H and O–H groups in total. The van der Waals surface area contributed by atoms with E-state index in [4.69, 9.17) is 0 Å². The Kier molecular flexibility index (Phi) is 4.97. The number of likely N-dealkylation sites (N-methyl/N-ethyl adjacent to an activating group) is 1. The minimum atomic E-state index is -0.556. The minimum Gasteiger partial charge on any atom is -0.322 e. The second-order valence-electron chi connectivity index (χ2n) is 7.68. The topological polar surface area (TPSA) is 81.8 Å². The van der Waals surface area contributed by atoms with Gasteiger partial charge in [0, 0.05) is 37.7 Å². The average Bonchev–Trinajstić information content (AvgIpc) is 3.21. The SMILES string of the molecule is CNCC1CCCN1Cc1cccc2c1C(=O)N(C1CCC(=O)NC1=O)C2. The van der Waals surface area contributed by atoms with E-state index in [0.29, 0.717) is 19.0 Å². The van der Waals surface area contributed by atoms with Crippen molar-refractivity contribution in [2.75, 3.05) is 20.1 Å². The van der Waals surface area contributed by atoms with Gasteiger partial charge in [-0.05, 0) is 44.0 Å². The van der Waals surface area contributed by atoms with Crippen molar-refractivity contribution in [2.24, 2.45) is 0 Å². The summed E-state index contributed by atoms with van der Waals surface area (Å²) >= 11 is 0. The lowest BCUT2D eigenvalue weighted by molar-refractivity contribution is -0.136. The summed E-state index contributed by atoms with van der Waals surface area (Å²) in [6.45, 7) is 3.19. The molecule has 7 nitrogen and oxygen atoms in total. The third-order valence-electron chi connectivity index (χ3n) is 5.95. The smallest absolute Gasteiger partial charge is 0.255 e. The van der Waals surface area contributed by atoms with Crippen LogP contribution in [0.1, 0.15) is 47.2 Å². The molecule has 3 heterocycles. The average molecular weight is 370 g/mol. The van der Waals surface area contributed by atoms with Crippen LogP contribution in [-0.2, 0) is 22.7 Å². The Balaban J connectivity index is 1.55. The molecule has 27 heavy (non-hydrogen) atoms. The standard InChI is InChI=1S/C20H26N4O3/c1-21-10-15-6-3-9-23(15)11-13-4-2-5-14-12-24(20(27)18(13)14)16-7-8-17(25)22-19(16)26/h2,4-5,15-16,21H,3,6-12H2,1H3,(H,22,25,26). The number of benzene rings is 1. The molecule has 4 rings (SSSR count). The Labute approximate surface area is 159 Å². The van der Waals surface area contributed by atoms with Crippen LogP contribution in [-0.4, -0.2) is 59.7 Å². The third-order valence-corrected chi connectivity index (χ3v) is 5.95. The number of likely N-dealkylation sites (tertiary alicyclic amines) is 1. The quantitative estimate of drug-likeness (QED) is 0.743. The van der Waals surface area contributed by atoms with Crippen molar-refractivity contribution in [1.29, 1.82) is 0 Å². The molecule has 0 radical (unpaired) electrons. The number of nitrogens with one attached hydrogen (secondary N) is 2. The highest BCUT2D eigenvalue weighted by Gasteiger charge is 2.40. The second kappa shape index (κ2) is 7.40. The van der Waals surface area contributed by atoms with Crippen LogP contribution in [0, 0.1) is 0 Å². The molecule has 2 fully saturated rings. The summed E-state index contributed by atoms with van der Waals surface area (Å²) < 4.78 is 0. The maximum Gasteiger partial charge on any atom is 0.255 e. The van der Waals surface area contributed by atoms with Crippen LogP contribution in [0.4, 0.5) is 0 Å². The van der Waals surface area contributed by atoms with Crippen molar-refractivity contribution in [2.45, 2.75) is 50.9 Å². The molecule has 2 saturated heterocycles. The van der Waals surface area contributed by atoms with Gasteiger partial charge in [-0.3, -0.25) is 24.6 Å². The van der Waals surface area contributed by atoms with E-state index in [1.807, 2.05) is 25.2 Å². The Morgan fingerprint density at radius 3 is 2.85 bits per heavy atom. The van der Waals surface area contributed by atoms with E-state index in [9.17, 15) is 14.4 Å². The summed E-state index contributed by atoms with van der Waals surface area (Å²) in [4.78, 5) is 40.9. The van der Waals surface area contributed by atoms with Gasteiger partial charge in [0.25, 0.3) is 5.91 Å². The highest BCUT2D eigenvalue weighted by atomic mass is 16.2. The Morgan fingerprint density at radius 1 is 1.22 bits per heavy atom. The first-order valence-electron chi connectivity index (χ1n) is 9.72. The summed E-state index contributed by atoms with van der Waals surface area (Å²) in [6, 6.07) is 5.93. The molecule has 0 spiro atoms. The molecular weight excluding hydrogens is 344 g/mol. The monoisotopic (exact) mass is 370 g/mol. The maximum atomic E-state index is 13.2. The number of carbonyl (C=O) groups is 3. The van der Waals surface area contributed by atoms with Gasteiger partial charge in [0.15, 0.2) is 0 Å². The van der Waals surface area contributed by atoms with Gasteiger partial charge in [0.05, 0.1) is 0 Å². The molecule has 3 aliphatic heterocycles. The summed E-state index contributed by atoms with van der Waals surface area (Å²) in [7, 11) is 1.97. The fraction of sp³-hybridized carbons (Fsp3) is 0.550. The van der Waals surface area contributed by atoms with E-state index >= 15 is 0 Å². The molecule has 0 aromatic heterocycles. The van der Waals surface area contributed by atoms with Crippen LogP contribution in [0.3, 0.4) is 0 Å². The van der Waals surface area contributed by atoms with Gasteiger partial charge < -0.3 is 10.2 Å². The van der Waals surface area contributed by atoms with Crippen LogP contribution >= 0.6 is 0 Å². The van der Waals surface area contributed by atoms with Crippen molar-refractivity contribution in [3.63, 3.8) is 0 Å². The molecular formula is C20H26N4O3. The number of fused-ring (bicyclic) bond motifs is 1. The molecule has 0 aliphatic carbocycles. The zero-order valence-electron chi connectivity index (χ0n) is 15.7. The van der Waals surface area contributed by atoms with Gasteiger partial charge in [0.1, 0.15) is 6.04 Å². The molecule has 1 aromatic carbocycles. The van der Waals surface area contributed by atoms with Gasteiger partial charge in [-0.15, -0.1) is 0 Å². The van der Waals surface area contributed by atoms with Crippen molar-refractivity contribution < 1.29 is 14.4 Å². The normalized spacial score (nSPS) is 25.8. The van der Waals surface area contributed by atoms with Crippen molar-refractivity contribution in [3.05, 3.63) is 34.9 Å². The highest BCUT2D eigenvalue weighted by Crippen LogP contribution is 2.31. The number of hydrogen-bond donors (Lipinski definition) is 2. The number of carbonyl (C=O) groups excluding carboxylic acids is 3. The summed E-state index contributed by atoms with van der Waals surface area (Å²) in [5.74, 6) is -0.701. The number of imide groups is 1. The lowest BCUT2D eigenvalue weighted by atomic mass is 10.0. The fourth-order valence-electron chi connectivity index (χ4n) is 4.61. The van der Waals surface area contributed by atoms with Gasteiger partial charge >= 0.3 is 0 Å². The van der Waals surface area contributed by atoms with E-state index in [0.717, 1.165) is 36.3 Å². The molecule has 3 amide bonds. The number of nitrogens with zero attached hydrogens (tertiary/aromatic N) is 2. The van der Waals surface area contributed by atoms with Crippen LogP contribution in [0.25, 0.3) is 0 Å². The largest absolute Gasteiger partial charge is 0.322 e. The second-order valence-corrected chi connectivity index (χ2v) is 7.68. The first-order chi connectivity index (χ1) is 13.1. The lowest BCUT2D eigenvalue weighted by Gasteiger charge is -2.29. The lowest BCUT2D eigenvalue weighted by Crippen LogP contribution is -2.52. The zero-order valence-corrected chi connectivity index (χ0v) is 15.7. The van der Waals surface area contributed by atoms with Gasteiger partial charge in [0.2, 0.25) is 11.8 Å². The molecule has 0 saturated carbocycles. The fourth-order valence-corrected chi connectivity index (χ4v) is 4.61. The van der Waals surface area contributed by atoms with E-state index in [-0.39, 0.29) is 24.1 Å². The van der Waals surface area contributed by atoms with Gasteiger partial charge in [-0.1, -0.05) is 18.2 Å². The molecule has 1 aromatic rings. The minimum absolute atomic E-state index is 0.0838. The van der Waals surface area contributed by atoms with Crippen molar-refractivity contribution in [1.82, 2.24) is 20.4 Å². The third kappa shape index (κ3) is 3.37. The van der Waals surface area contributed by atoms with Crippen LogP contribution in [0.15, 0.2) is 18.2 Å². The van der Waals surface area contributed by atoms with Crippen molar-refractivity contribution in [3.8, 4) is 0 Å². The maximum absolute atomic E-state index is 13.2. The number of piperidine rings is 1. The molecule has 7 heteroatoms. The number of amides is 3. The summed E-state index contributed by atoms with van der Waals surface area (Å²) in [5, 5.41) is 5.62. The Bertz CT molecular complexity index is 778. The van der Waals surface area contributed by atoms with Gasteiger partial charge in [-0.25, -0.2) is 0 Å². The van der Waals surface area contributed by atoms with E-state index in [1.165, 1.54) is 12.8 Å². The highest BCUT2D eigenvalue weighted by molar-refractivity contribution is 6.05. The van der Waals surface area contributed by atoms with E-state index in [1.54, 1.807) is 4.90 Å². The van der Waals surface area contributed by atoms with Crippen LogP contribution < -0.4 is 10.6 Å². The van der Waals surface area contributed by atoms with Crippen LogP contribution in [0.2, 0.25) is 0 Å². The molecule has 0 bridgehead atoms. The predicted molar refractivity (Wildman–Crippen MR) is 99.8 cm³/mol. The van der Waals surface area contributed by atoms with Crippen LogP contribution in [0.5, 0.6) is 0 Å². The van der Waals surface area contributed by atoms with Crippen molar-refractivity contribution >= 4 is 17.7 Å². The molecule has 144 valence electrons. The summed E-state index contributed by atoms with van der Waals surface area (Å²) in [6.07, 6.45) is 3.03.